The van der Waals surface area contributed by atoms with E-state index in [1.54, 1.807) is 7.05 Å². The first kappa shape index (κ1) is 14.2. The molecule has 0 radical (unpaired) electrons. The molecule has 100 valence electrons. The number of ether oxygens (including phenoxy) is 1. The second-order valence-electron chi connectivity index (χ2n) is 3.91. The van der Waals surface area contributed by atoms with Crippen molar-refractivity contribution >= 4 is 5.97 Å². The lowest BCUT2D eigenvalue weighted by molar-refractivity contribution is -0.140. The SMILES string of the molecule is COC(=O)CCNCc1cn(C)c(=O)n(C)c1=O. The van der Waals surface area contributed by atoms with Crippen LogP contribution in [-0.2, 0) is 30.2 Å². The Morgan fingerprint density at radius 2 is 2.06 bits per heavy atom. The van der Waals surface area contributed by atoms with Crippen LogP contribution in [0.2, 0.25) is 0 Å². The first-order valence-corrected chi connectivity index (χ1v) is 5.50. The van der Waals surface area contributed by atoms with Gasteiger partial charge in [0.2, 0.25) is 0 Å². The van der Waals surface area contributed by atoms with Gasteiger partial charge in [0, 0.05) is 38.9 Å². The highest BCUT2D eigenvalue weighted by Gasteiger charge is 2.06. The third kappa shape index (κ3) is 3.30. The van der Waals surface area contributed by atoms with Gasteiger partial charge in [-0.3, -0.25) is 14.2 Å². The van der Waals surface area contributed by atoms with Crippen LogP contribution in [0.5, 0.6) is 0 Å². The minimum Gasteiger partial charge on any atom is -0.469 e. The van der Waals surface area contributed by atoms with Crippen LogP contribution in [0.3, 0.4) is 0 Å². The molecule has 1 heterocycles. The molecule has 1 aromatic rings. The second-order valence-corrected chi connectivity index (χ2v) is 3.91. The molecule has 0 aliphatic heterocycles. The highest BCUT2D eigenvalue weighted by Crippen LogP contribution is 1.88. The maximum atomic E-state index is 11.7. The standard InChI is InChI=1S/C11H17N3O4/c1-13-7-8(10(16)14(2)11(13)17)6-12-5-4-9(15)18-3/h7,12H,4-6H2,1-3H3. The molecule has 0 aromatic carbocycles. The lowest BCUT2D eigenvalue weighted by atomic mass is 10.3. The van der Waals surface area contributed by atoms with Crippen molar-refractivity contribution in [1.82, 2.24) is 14.5 Å². The molecule has 7 heteroatoms. The lowest BCUT2D eigenvalue weighted by Gasteiger charge is -2.07. The Balaban J connectivity index is 2.67. The van der Waals surface area contributed by atoms with Gasteiger partial charge in [-0.1, -0.05) is 0 Å². The Bertz CT molecular complexity index is 544. The van der Waals surface area contributed by atoms with Gasteiger partial charge in [-0.2, -0.15) is 0 Å². The summed E-state index contributed by atoms with van der Waals surface area (Å²) < 4.78 is 6.89. The van der Waals surface area contributed by atoms with E-state index < -0.39 is 0 Å². The number of carbonyl (C=O) groups is 1. The van der Waals surface area contributed by atoms with Crippen molar-refractivity contribution < 1.29 is 9.53 Å². The van der Waals surface area contributed by atoms with E-state index in [1.165, 1.54) is 24.9 Å². The maximum Gasteiger partial charge on any atom is 0.330 e. The van der Waals surface area contributed by atoms with Crippen LogP contribution >= 0.6 is 0 Å². The molecular weight excluding hydrogens is 238 g/mol. The third-order valence-corrected chi connectivity index (χ3v) is 2.57. The normalized spacial score (nSPS) is 10.4. The number of hydrogen-bond acceptors (Lipinski definition) is 5. The van der Waals surface area contributed by atoms with Crippen LogP contribution in [0.25, 0.3) is 0 Å². The molecule has 1 aromatic heterocycles. The van der Waals surface area contributed by atoms with Gasteiger partial charge in [0.25, 0.3) is 5.56 Å². The number of hydrogen-bond donors (Lipinski definition) is 1. The molecule has 0 bridgehead atoms. The molecule has 0 spiro atoms. The molecule has 7 nitrogen and oxygen atoms in total. The molecule has 0 fully saturated rings. The van der Waals surface area contributed by atoms with Gasteiger partial charge in [0.1, 0.15) is 0 Å². The number of methoxy groups -OCH3 is 1. The van der Waals surface area contributed by atoms with E-state index in [0.29, 0.717) is 18.7 Å². The lowest BCUT2D eigenvalue weighted by Crippen LogP contribution is -2.39. The summed E-state index contributed by atoms with van der Waals surface area (Å²) in [6.45, 7) is 0.719. The van der Waals surface area contributed by atoms with E-state index in [0.717, 1.165) is 4.57 Å². The summed E-state index contributed by atoms with van der Waals surface area (Å²) in [6.07, 6.45) is 1.73. The number of nitrogens with zero attached hydrogens (tertiary/aromatic N) is 2. The molecular formula is C11H17N3O4. The summed E-state index contributed by atoms with van der Waals surface area (Å²) in [6, 6.07) is 0. The second kappa shape index (κ2) is 6.15. The van der Waals surface area contributed by atoms with Crippen molar-refractivity contribution in [3.8, 4) is 0 Å². The number of nitrogens with one attached hydrogen (secondary N) is 1. The fourth-order valence-corrected chi connectivity index (χ4v) is 1.52. The predicted molar refractivity (Wildman–Crippen MR) is 65.3 cm³/mol. The van der Waals surface area contributed by atoms with Crippen LogP contribution in [0.15, 0.2) is 15.8 Å². The van der Waals surface area contributed by atoms with Gasteiger partial charge < -0.3 is 14.6 Å². The van der Waals surface area contributed by atoms with Crippen LogP contribution in [-0.4, -0.2) is 28.8 Å². The molecule has 18 heavy (non-hydrogen) atoms. The average Bonchev–Trinajstić information content (AvgIpc) is 2.37. The maximum absolute atomic E-state index is 11.7. The molecule has 0 aliphatic carbocycles. The van der Waals surface area contributed by atoms with Crippen LogP contribution in [0.1, 0.15) is 12.0 Å². The summed E-state index contributed by atoms with van der Waals surface area (Å²) in [5.41, 5.74) is -0.216. The molecule has 1 N–H and O–H groups in total. The Kier molecular flexibility index (Phi) is 4.85. The van der Waals surface area contributed by atoms with E-state index in [4.69, 9.17) is 0 Å². The predicted octanol–water partition coefficient (Wildman–Crippen LogP) is -1.26. The van der Waals surface area contributed by atoms with E-state index in [2.05, 4.69) is 10.1 Å². The summed E-state index contributed by atoms with van der Waals surface area (Å²) >= 11 is 0. The Morgan fingerprint density at radius 3 is 2.67 bits per heavy atom. The van der Waals surface area contributed by atoms with Crippen LogP contribution in [0, 0.1) is 0 Å². The minimum absolute atomic E-state index is 0.239. The van der Waals surface area contributed by atoms with E-state index >= 15 is 0 Å². The summed E-state index contributed by atoms with van der Waals surface area (Å²) in [5, 5.41) is 2.95. The number of aryl methyl sites for hydroxylation is 1. The zero-order chi connectivity index (χ0) is 13.7. The zero-order valence-corrected chi connectivity index (χ0v) is 10.7. The highest BCUT2D eigenvalue weighted by atomic mass is 16.5. The summed E-state index contributed by atoms with van der Waals surface area (Å²) in [5.74, 6) is -0.309. The molecule has 0 aliphatic rings. The van der Waals surface area contributed by atoms with Crippen molar-refractivity contribution in [3.05, 3.63) is 32.6 Å². The van der Waals surface area contributed by atoms with Crippen molar-refractivity contribution in [3.63, 3.8) is 0 Å². The van der Waals surface area contributed by atoms with Crippen molar-refractivity contribution in [2.45, 2.75) is 13.0 Å². The number of aromatic nitrogens is 2. The first-order valence-electron chi connectivity index (χ1n) is 5.50. The molecule has 1 rings (SSSR count). The Labute approximate surface area is 104 Å². The van der Waals surface area contributed by atoms with Crippen LogP contribution in [0.4, 0.5) is 0 Å². The monoisotopic (exact) mass is 255 g/mol. The van der Waals surface area contributed by atoms with Gasteiger partial charge in [0.05, 0.1) is 13.5 Å². The molecule has 0 amide bonds. The fraction of sp³-hybridized carbons (Fsp3) is 0.545. The third-order valence-electron chi connectivity index (χ3n) is 2.57. The Hall–Kier alpha value is -1.89. The number of rotatable bonds is 5. The topological polar surface area (TPSA) is 82.3 Å². The quantitative estimate of drug-likeness (QED) is 0.524. The first-order chi connectivity index (χ1) is 8.47. The van der Waals surface area contributed by atoms with Gasteiger partial charge in [-0.25, -0.2) is 4.79 Å². The number of carbonyl (C=O) groups excluding carboxylic acids is 1. The molecule has 0 atom stereocenters. The van der Waals surface area contributed by atoms with Gasteiger partial charge in [-0.05, 0) is 0 Å². The van der Waals surface area contributed by atoms with E-state index in [9.17, 15) is 14.4 Å². The molecule has 0 unspecified atom stereocenters. The molecule has 0 saturated carbocycles. The van der Waals surface area contributed by atoms with Crippen molar-refractivity contribution in [2.24, 2.45) is 14.1 Å². The summed E-state index contributed by atoms with van der Waals surface area (Å²) in [4.78, 5) is 34.1. The highest BCUT2D eigenvalue weighted by molar-refractivity contribution is 5.69. The van der Waals surface area contributed by atoms with E-state index in [1.807, 2.05) is 0 Å². The van der Waals surface area contributed by atoms with Crippen molar-refractivity contribution in [1.29, 1.82) is 0 Å². The van der Waals surface area contributed by atoms with Crippen molar-refractivity contribution in [2.75, 3.05) is 13.7 Å². The van der Waals surface area contributed by atoms with Gasteiger partial charge in [-0.15, -0.1) is 0 Å². The van der Waals surface area contributed by atoms with Gasteiger partial charge >= 0.3 is 11.7 Å². The molecule has 0 saturated heterocycles. The average molecular weight is 255 g/mol. The fourth-order valence-electron chi connectivity index (χ4n) is 1.52. The largest absolute Gasteiger partial charge is 0.469 e. The summed E-state index contributed by atoms with van der Waals surface area (Å²) in [7, 11) is 4.34. The Morgan fingerprint density at radius 1 is 1.39 bits per heavy atom. The van der Waals surface area contributed by atoms with Crippen LogP contribution < -0.4 is 16.6 Å². The zero-order valence-electron chi connectivity index (χ0n) is 10.7. The van der Waals surface area contributed by atoms with E-state index in [-0.39, 0.29) is 23.6 Å². The minimum atomic E-state index is -0.363. The smallest absolute Gasteiger partial charge is 0.330 e. The van der Waals surface area contributed by atoms with Gasteiger partial charge in [0.15, 0.2) is 0 Å². The number of esters is 1.